The largest absolute Gasteiger partial charge is 0.463 e. The Balaban J connectivity index is 1.66. The molecule has 0 unspecified atom stereocenters. The Hall–Kier alpha value is -2.23. The second kappa shape index (κ2) is 4.71. The van der Waals surface area contributed by atoms with Gasteiger partial charge in [0.15, 0.2) is 5.76 Å². The Bertz CT molecular complexity index is 653. The number of furan rings is 1. The molecule has 4 heteroatoms. The minimum atomic E-state index is 0.750. The molecule has 0 aromatic carbocycles. The van der Waals surface area contributed by atoms with Crippen molar-refractivity contribution >= 4 is 11.8 Å². The highest BCUT2D eigenvalue weighted by Crippen LogP contribution is 2.24. The van der Waals surface area contributed by atoms with Gasteiger partial charge in [0.05, 0.1) is 12.8 Å². The second-order valence-electron chi connectivity index (χ2n) is 5.38. The lowest BCUT2D eigenvalue weighted by molar-refractivity contribution is 0.558. The minimum absolute atomic E-state index is 0.750. The molecule has 20 heavy (non-hydrogen) atoms. The van der Waals surface area contributed by atoms with Gasteiger partial charge < -0.3 is 14.8 Å². The van der Waals surface area contributed by atoms with Crippen molar-refractivity contribution in [3.63, 3.8) is 0 Å². The van der Waals surface area contributed by atoms with Gasteiger partial charge in [0.1, 0.15) is 5.71 Å². The first-order valence-electron chi connectivity index (χ1n) is 7.16. The summed E-state index contributed by atoms with van der Waals surface area (Å²) >= 11 is 0. The molecule has 0 radical (unpaired) electrons. The van der Waals surface area contributed by atoms with Crippen LogP contribution in [0, 0.1) is 0 Å². The summed E-state index contributed by atoms with van der Waals surface area (Å²) in [7, 11) is 0. The van der Waals surface area contributed by atoms with E-state index in [2.05, 4.69) is 27.7 Å². The fraction of sp³-hybridized carbons (Fsp3) is 0.312. The Labute approximate surface area is 117 Å². The van der Waals surface area contributed by atoms with Crippen LogP contribution in [-0.2, 0) is 12.8 Å². The lowest BCUT2D eigenvalue weighted by Gasteiger charge is -2.08. The van der Waals surface area contributed by atoms with E-state index in [1.807, 2.05) is 12.1 Å². The third-order valence-corrected chi connectivity index (χ3v) is 3.98. The van der Waals surface area contributed by atoms with Crippen molar-refractivity contribution in [3.8, 4) is 0 Å². The zero-order valence-electron chi connectivity index (χ0n) is 11.3. The highest BCUT2D eigenvalue weighted by Gasteiger charge is 2.19. The molecule has 102 valence electrons. The number of aromatic amines is 1. The molecule has 2 aliphatic rings. The van der Waals surface area contributed by atoms with E-state index in [9.17, 15) is 0 Å². The van der Waals surface area contributed by atoms with Gasteiger partial charge in [-0.2, -0.15) is 5.10 Å². The van der Waals surface area contributed by atoms with Crippen LogP contribution in [0.25, 0.3) is 6.08 Å². The Morgan fingerprint density at radius 2 is 2.20 bits per heavy atom. The van der Waals surface area contributed by atoms with E-state index in [4.69, 9.17) is 4.42 Å². The number of hydrazone groups is 1. The number of hydrogen-bond donors (Lipinski definition) is 2. The van der Waals surface area contributed by atoms with Crippen molar-refractivity contribution in [1.82, 2.24) is 10.4 Å². The van der Waals surface area contributed by atoms with Crippen molar-refractivity contribution in [2.75, 3.05) is 6.54 Å². The predicted molar refractivity (Wildman–Crippen MR) is 78.7 cm³/mol. The minimum Gasteiger partial charge on any atom is -0.463 e. The Kier molecular flexibility index (Phi) is 2.73. The van der Waals surface area contributed by atoms with Crippen molar-refractivity contribution in [3.05, 3.63) is 52.7 Å². The third-order valence-electron chi connectivity index (χ3n) is 3.98. The number of nitrogens with one attached hydrogen (secondary N) is 2. The maximum atomic E-state index is 5.44. The number of rotatable bonds is 2. The fourth-order valence-electron chi connectivity index (χ4n) is 3.00. The van der Waals surface area contributed by atoms with Gasteiger partial charge in [0.2, 0.25) is 0 Å². The molecule has 4 nitrogen and oxygen atoms in total. The van der Waals surface area contributed by atoms with E-state index in [-0.39, 0.29) is 0 Å². The van der Waals surface area contributed by atoms with Crippen LogP contribution in [0.3, 0.4) is 0 Å². The summed E-state index contributed by atoms with van der Waals surface area (Å²) in [5.41, 5.74) is 9.17. The predicted octanol–water partition coefficient (Wildman–Crippen LogP) is 2.88. The molecule has 0 saturated carbocycles. The Morgan fingerprint density at radius 3 is 3.05 bits per heavy atom. The van der Waals surface area contributed by atoms with Crippen LogP contribution < -0.4 is 5.43 Å². The molecule has 0 fully saturated rings. The topological polar surface area (TPSA) is 53.3 Å². The maximum Gasteiger partial charge on any atom is 0.154 e. The molecule has 1 aliphatic carbocycles. The van der Waals surface area contributed by atoms with E-state index in [0.29, 0.717) is 0 Å². The van der Waals surface area contributed by atoms with Gasteiger partial charge in [-0.15, -0.1) is 0 Å². The summed E-state index contributed by atoms with van der Waals surface area (Å²) in [6, 6.07) is 6.11. The number of aromatic nitrogens is 1. The SMILES string of the molecule is C(=C1/CNN=C1c1ccco1)/c1cc2c([nH]1)CCCC2. The van der Waals surface area contributed by atoms with Crippen LogP contribution in [0.1, 0.15) is 35.6 Å². The lowest BCUT2D eigenvalue weighted by atomic mass is 9.98. The standard InChI is InChI=1S/C16H17N3O/c1-2-5-14-11(4-1)8-13(18-14)9-12-10-17-19-16(12)15-6-3-7-20-15/h3,6-9,17-18H,1-2,4-5,10H2/b12-9+. The normalized spacial score (nSPS) is 19.8. The van der Waals surface area contributed by atoms with Gasteiger partial charge in [0, 0.05) is 17.0 Å². The average Bonchev–Trinajstić information content (AvgIpc) is 3.18. The van der Waals surface area contributed by atoms with Crippen LogP contribution in [-0.4, -0.2) is 17.2 Å². The van der Waals surface area contributed by atoms with Crippen molar-refractivity contribution in [2.45, 2.75) is 25.7 Å². The van der Waals surface area contributed by atoms with Gasteiger partial charge in [-0.3, -0.25) is 0 Å². The van der Waals surface area contributed by atoms with Crippen LogP contribution in [0.5, 0.6) is 0 Å². The summed E-state index contributed by atoms with van der Waals surface area (Å²) < 4.78 is 5.44. The molecule has 2 aromatic rings. The molecule has 3 heterocycles. The highest BCUT2D eigenvalue weighted by molar-refractivity contribution is 6.14. The molecule has 0 saturated heterocycles. The van der Waals surface area contributed by atoms with Crippen molar-refractivity contribution in [2.24, 2.45) is 5.10 Å². The highest BCUT2D eigenvalue weighted by atomic mass is 16.3. The van der Waals surface area contributed by atoms with Crippen molar-refractivity contribution < 1.29 is 4.42 Å². The van der Waals surface area contributed by atoms with Crippen LogP contribution in [0.2, 0.25) is 0 Å². The average molecular weight is 267 g/mol. The molecule has 0 bridgehead atoms. The van der Waals surface area contributed by atoms with Gasteiger partial charge in [-0.25, -0.2) is 0 Å². The van der Waals surface area contributed by atoms with E-state index in [1.54, 1.807) is 6.26 Å². The molecule has 0 amide bonds. The Morgan fingerprint density at radius 1 is 1.25 bits per heavy atom. The lowest BCUT2D eigenvalue weighted by Crippen LogP contribution is -2.03. The molecule has 2 N–H and O–H groups in total. The second-order valence-corrected chi connectivity index (χ2v) is 5.38. The molecule has 0 atom stereocenters. The van der Waals surface area contributed by atoms with E-state index >= 15 is 0 Å². The molecular formula is C16H17N3O. The summed E-state index contributed by atoms with van der Waals surface area (Å²) in [5, 5.41) is 4.33. The summed E-state index contributed by atoms with van der Waals surface area (Å²) in [6.07, 6.45) is 8.84. The summed E-state index contributed by atoms with van der Waals surface area (Å²) in [6.45, 7) is 0.750. The van der Waals surface area contributed by atoms with Crippen LogP contribution in [0.15, 0.2) is 39.6 Å². The van der Waals surface area contributed by atoms with E-state index < -0.39 is 0 Å². The van der Waals surface area contributed by atoms with Gasteiger partial charge in [0.25, 0.3) is 0 Å². The van der Waals surface area contributed by atoms with Gasteiger partial charge in [-0.05, 0) is 55.5 Å². The molecule has 4 rings (SSSR count). The van der Waals surface area contributed by atoms with Crippen molar-refractivity contribution in [1.29, 1.82) is 0 Å². The number of aryl methyl sites for hydroxylation is 2. The molecular weight excluding hydrogens is 250 g/mol. The summed E-state index contributed by atoms with van der Waals surface area (Å²) in [5.74, 6) is 0.817. The zero-order valence-corrected chi connectivity index (χ0v) is 11.3. The quantitative estimate of drug-likeness (QED) is 0.879. The van der Waals surface area contributed by atoms with E-state index in [1.165, 1.54) is 48.2 Å². The van der Waals surface area contributed by atoms with Crippen LogP contribution >= 0.6 is 0 Å². The first-order valence-corrected chi connectivity index (χ1v) is 7.16. The number of fused-ring (bicyclic) bond motifs is 1. The number of hydrogen-bond acceptors (Lipinski definition) is 3. The number of H-pyrrole nitrogens is 1. The monoisotopic (exact) mass is 267 g/mol. The zero-order chi connectivity index (χ0) is 13.4. The van der Waals surface area contributed by atoms with Gasteiger partial charge in [-0.1, -0.05) is 0 Å². The summed E-state index contributed by atoms with van der Waals surface area (Å²) in [4.78, 5) is 3.54. The first kappa shape index (κ1) is 11.6. The maximum absolute atomic E-state index is 5.44. The van der Waals surface area contributed by atoms with E-state index in [0.717, 1.165) is 18.0 Å². The molecule has 1 aliphatic heterocycles. The van der Waals surface area contributed by atoms with Gasteiger partial charge >= 0.3 is 0 Å². The fourth-order valence-corrected chi connectivity index (χ4v) is 3.00. The number of nitrogens with zero attached hydrogens (tertiary/aromatic N) is 1. The molecule has 2 aromatic heterocycles. The van der Waals surface area contributed by atoms with Crippen LogP contribution in [0.4, 0.5) is 0 Å². The third kappa shape index (κ3) is 1.97. The molecule has 0 spiro atoms. The smallest absolute Gasteiger partial charge is 0.154 e. The first-order chi connectivity index (χ1) is 9.90.